The number of aromatic nitrogens is 1. The van der Waals surface area contributed by atoms with E-state index in [1.807, 2.05) is 18.2 Å². The van der Waals surface area contributed by atoms with Crippen LogP contribution in [0.4, 0.5) is 10.7 Å². The Hall–Kier alpha value is -2.41. The molecule has 2 N–H and O–H groups in total. The molecule has 22 heavy (non-hydrogen) atoms. The lowest BCUT2D eigenvalue weighted by Crippen LogP contribution is -2.37. The van der Waals surface area contributed by atoms with Gasteiger partial charge in [-0.2, -0.15) is 4.37 Å². The highest BCUT2D eigenvalue weighted by atomic mass is 32.1. The van der Waals surface area contributed by atoms with E-state index in [-0.39, 0.29) is 11.5 Å². The van der Waals surface area contributed by atoms with Crippen molar-refractivity contribution in [3.8, 4) is 0 Å². The van der Waals surface area contributed by atoms with E-state index in [0.29, 0.717) is 10.7 Å². The summed E-state index contributed by atoms with van der Waals surface area (Å²) >= 11 is 1.03. The number of likely N-dealkylation sites (N-methyl/N-ethyl adjacent to an activating group) is 1. The van der Waals surface area contributed by atoms with Crippen LogP contribution in [0.2, 0.25) is 0 Å². The fourth-order valence-electron chi connectivity index (χ4n) is 1.96. The molecule has 1 atom stereocenters. The van der Waals surface area contributed by atoms with Crippen molar-refractivity contribution in [1.82, 2.24) is 4.37 Å². The number of aryl methyl sites for hydroxylation is 1. The van der Waals surface area contributed by atoms with Gasteiger partial charge in [-0.3, -0.25) is 4.79 Å². The summed E-state index contributed by atoms with van der Waals surface area (Å²) < 4.78 is 9.21. The molecule has 0 aliphatic rings. The summed E-state index contributed by atoms with van der Waals surface area (Å²) in [6.45, 7) is 3.21. The molecule has 0 saturated carbocycles. The Kier molecular flexibility index (Phi) is 4.77. The molecule has 7 heteroatoms. The Labute approximate surface area is 132 Å². The van der Waals surface area contributed by atoms with Crippen molar-refractivity contribution in [2.45, 2.75) is 20.0 Å². The quantitative estimate of drug-likeness (QED) is 0.874. The van der Waals surface area contributed by atoms with E-state index in [9.17, 15) is 9.59 Å². The minimum Gasteiger partial charge on any atom is -0.449 e. The molecular formula is C15H17N3O3S. The molecule has 6 nitrogen and oxygen atoms in total. The summed E-state index contributed by atoms with van der Waals surface area (Å²) in [5.41, 5.74) is 7.16. The monoisotopic (exact) mass is 319 g/mol. The average molecular weight is 319 g/mol. The number of benzene rings is 1. The van der Waals surface area contributed by atoms with Gasteiger partial charge in [0.1, 0.15) is 10.6 Å². The largest absolute Gasteiger partial charge is 0.449 e. The molecule has 0 bridgehead atoms. The van der Waals surface area contributed by atoms with E-state index in [1.165, 1.54) is 11.8 Å². The van der Waals surface area contributed by atoms with Gasteiger partial charge in [-0.05, 0) is 37.5 Å². The van der Waals surface area contributed by atoms with E-state index >= 15 is 0 Å². The molecule has 1 heterocycles. The van der Waals surface area contributed by atoms with Gasteiger partial charge >= 0.3 is 5.97 Å². The number of para-hydroxylation sites is 1. The third-order valence-electron chi connectivity index (χ3n) is 3.20. The summed E-state index contributed by atoms with van der Waals surface area (Å²) in [5.74, 6) is -0.954. The summed E-state index contributed by atoms with van der Waals surface area (Å²) in [6.07, 6.45) is -0.920. The molecule has 0 spiro atoms. The number of rotatable bonds is 4. The van der Waals surface area contributed by atoms with Crippen molar-refractivity contribution in [2.75, 3.05) is 17.7 Å². The standard InChI is InChI=1S/C15H17N3O3S/c1-9-12(13(16)22-17-9)15(20)21-10(2)14(19)18(3)11-7-5-4-6-8-11/h4-8,10H,16H2,1-3H3. The second kappa shape index (κ2) is 6.57. The zero-order chi connectivity index (χ0) is 16.3. The molecule has 1 aromatic heterocycles. The Morgan fingerprint density at radius 2 is 1.95 bits per heavy atom. The zero-order valence-corrected chi connectivity index (χ0v) is 13.4. The number of hydrogen-bond donors (Lipinski definition) is 1. The third kappa shape index (κ3) is 3.25. The first-order valence-corrected chi connectivity index (χ1v) is 7.44. The summed E-state index contributed by atoms with van der Waals surface area (Å²) in [6, 6.07) is 9.13. The highest BCUT2D eigenvalue weighted by Crippen LogP contribution is 2.22. The predicted octanol–water partition coefficient (Wildman–Crippen LogP) is 2.24. The van der Waals surface area contributed by atoms with Gasteiger partial charge in [0, 0.05) is 12.7 Å². The molecule has 1 unspecified atom stereocenters. The van der Waals surface area contributed by atoms with Crippen molar-refractivity contribution in [3.05, 3.63) is 41.6 Å². The molecule has 2 aromatic rings. The third-order valence-corrected chi connectivity index (χ3v) is 3.96. The van der Waals surface area contributed by atoms with Gasteiger partial charge in [0.05, 0.1) is 5.69 Å². The maximum atomic E-state index is 12.3. The molecule has 0 fully saturated rings. The SMILES string of the molecule is Cc1nsc(N)c1C(=O)OC(C)C(=O)N(C)c1ccccc1. The Balaban J connectivity index is 2.07. The van der Waals surface area contributed by atoms with Crippen LogP contribution in [-0.4, -0.2) is 29.4 Å². The van der Waals surface area contributed by atoms with Crippen LogP contribution >= 0.6 is 11.5 Å². The molecule has 0 aliphatic carbocycles. The molecule has 116 valence electrons. The van der Waals surface area contributed by atoms with Crippen LogP contribution in [0.5, 0.6) is 0 Å². The summed E-state index contributed by atoms with van der Waals surface area (Å²) in [5, 5.41) is 0.290. The summed E-state index contributed by atoms with van der Waals surface area (Å²) in [4.78, 5) is 25.9. The lowest BCUT2D eigenvalue weighted by molar-refractivity contribution is -0.126. The van der Waals surface area contributed by atoms with E-state index in [0.717, 1.165) is 17.2 Å². The van der Waals surface area contributed by atoms with Crippen LogP contribution in [0.1, 0.15) is 23.0 Å². The number of anilines is 2. The maximum absolute atomic E-state index is 12.3. The van der Waals surface area contributed by atoms with Crippen molar-refractivity contribution in [1.29, 1.82) is 0 Å². The molecule has 0 radical (unpaired) electrons. The maximum Gasteiger partial charge on any atom is 0.343 e. The fraction of sp³-hybridized carbons (Fsp3) is 0.267. The normalized spacial score (nSPS) is 11.8. The second-order valence-corrected chi connectivity index (χ2v) is 5.59. The number of carbonyl (C=O) groups excluding carboxylic acids is 2. The van der Waals surface area contributed by atoms with Gasteiger partial charge < -0.3 is 15.4 Å². The van der Waals surface area contributed by atoms with E-state index in [4.69, 9.17) is 10.5 Å². The van der Waals surface area contributed by atoms with Gasteiger partial charge in [0.15, 0.2) is 6.10 Å². The molecule has 0 aliphatic heterocycles. The van der Waals surface area contributed by atoms with Gasteiger partial charge in [0.2, 0.25) is 0 Å². The number of esters is 1. The lowest BCUT2D eigenvalue weighted by atomic mass is 10.2. The first-order valence-electron chi connectivity index (χ1n) is 6.67. The number of amides is 1. The van der Waals surface area contributed by atoms with Crippen LogP contribution in [0.3, 0.4) is 0 Å². The number of carbonyl (C=O) groups is 2. The fourth-order valence-corrected chi connectivity index (χ4v) is 2.61. The number of hydrogen-bond acceptors (Lipinski definition) is 6. The zero-order valence-electron chi connectivity index (χ0n) is 12.6. The van der Waals surface area contributed by atoms with Crippen molar-refractivity contribution < 1.29 is 14.3 Å². The van der Waals surface area contributed by atoms with E-state index in [2.05, 4.69) is 4.37 Å². The smallest absolute Gasteiger partial charge is 0.343 e. The Bertz CT molecular complexity index is 665. The van der Waals surface area contributed by atoms with Crippen molar-refractivity contribution >= 4 is 34.1 Å². The molecule has 2 rings (SSSR count). The van der Waals surface area contributed by atoms with Crippen LogP contribution in [-0.2, 0) is 9.53 Å². The minimum absolute atomic E-state index is 0.229. The van der Waals surface area contributed by atoms with Crippen LogP contribution in [0.25, 0.3) is 0 Å². The molecule has 1 amide bonds. The second-order valence-electron chi connectivity index (χ2n) is 4.79. The minimum atomic E-state index is -0.920. The van der Waals surface area contributed by atoms with Gasteiger partial charge in [-0.15, -0.1) is 0 Å². The van der Waals surface area contributed by atoms with Crippen LogP contribution in [0, 0.1) is 6.92 Å². The van der Waals surface area contributed by atoms with Crippen LogP contribution < -0.4 is 10.6 Å². The Morgan fingerprint density at radius 3 is 2.50 bits per heavy atom. The highest BCUT2D eigenvalue weighted by molar-refractivity contribution is 7.10. The van der Waals surface area contributed by atoms with Gasteiger partial charge in [-0.25, -0.2) is 4.79 Å². The van der Waals surface area contributed by atoms with Crippen molar-refractivity contribution in [3.63, 3.8) is 0 Å². The average Bonchev–Trinajstić information content (AvgIpc) is 2.85. The number of nitrogen functional groups attached to an aromatic ring is 1. The van der Waals surface area contributed by atoms with Crippen molar-refractivity contribution in [2.24, 2.45) is 0 Å². The molecule has 0 saturated heterocycles. The Morgan fingerprint density at radius 1 is 1.32 bits per heavy atom. The van der Waals surface area contributed by atoms with E-state index in [1.54, 1.807) is 26.1 Å². The molecule has 1 aromatic carbocycles. The topological polar surface area (TPSA) is 85.5 Å². The lowest BCUT2D eigenvalue weighted by Gasteiger charge is -2.21. The number of nitrogens with zero attached hydrogens (tertiary/aromatic N) is 2. The van der Waals surface area contributed by atoms with Gasteiger partial charge in [-0.1, -0.05) is 18.2 Å². The first-order chi connectivity index (χ1) is 10.4. The number of ether oxygens (including phenoxy) is 1. The van der Waals surface area contributed by atoms with E-state index < -0.39 is 12.1 Å². The number of nitrogens with two attached hydrogens (primary N) is 1. The predicted molar refractivity (Wildman–Crippen MR) is 86.0 cm³/mol. The molecular weight excluding hydrogens is 302 g/mol. The van der Waals surface area contributed by atoms with Crippen LogP contribution in [0.15, 0.2) is 30.3 Å². The summed E-state index contributed by atoms with van der Waals surface area (Å²) in [7, 11) is 1.63. The van der Waals surface area contributed by atoms with Gasteiger partial charge in [0.25, 0.3) is 5.91 Å². The first kappa shape index (κ1) is 16.0. The highest BCUT2D eigenvalue weighted by Gasteiger charge is 2.26.